The van der Waals surface area contributed by atoms with E-state index in [-0.39, 0.29) is 23.3 Å². The Hall–Kier alpha value is -3.89. The number of carbonyl (C=O) groups is 3. The summed E-state index contributed by atoms with van der Waals surface area (Å²) in [6.07, 6.45) is 1.64. The van der Waals surface area contributed by atoms with E-state index in [0.29, 0.717) is 11.3 Å². The van der Waals surface area contributed by atoms with Gasteiger partial charge in [0.2, 0.25) is 5.91 Å². The zero-order valence-electron chi connectivity index (χ0n) is 21.1. The molecule has 0 fully saturated rings. The summed E-state index contributed by atoms with van der Waals surface area (Å²) in [5, 5.41) is 8.47. The fourth-order valence-electron chi connectivity index (χ4n) is 3.48. The molecular weight excluding hydrogens is 621 g/mol. The van der Waals surface area contributed by atoms with Gasteiger partial charge in [0.05, 0.1) is 5.75 Å². The van der Waals surface area contributed by atoms with Gasteiger partial charge in [-0.15, -0.1) is 11.8 Å². The summed E-state index contributed by atoms with van der Waals surface area (Å²) in [6, 6.07) is 31.2. The molecular formula is C31H26IN3O3S. The van der Waals surface area contributed by atoms with E-state index in [1.165, 1.54) is 11.8 Å². The molecule has 8 heteroatoms. The summed E-state index contributed by atoms with van der Waals surface area (Å²) < 4.78 is 1.10. The number of nitrogens with one attached hydrogen (secondary N) is 3. The molecule has 3 amide bonds. The number of anilines is 2. The fourth-order valence-corrected chi connectivity index (χ4v) is 4.54. The molecule has 39 heavy (non-hydrogen) atoms. The van der Waals surface area contributed by atoms with Gasteiger partial charge in [0.25, 0.3) is 11.8 Å². The van der Waals surface area contributed by atoms with Crippen molar-refractivity contribution >= 4 is 69.5 Å². The highest BCUT2D eigenvalue weighted by Crippen LogP contribution is 2.21. The zero-order valence-corrected chi connectivity index (χ0v) is 24.1. The van der Waals surface area contributed by atoms with Crippen LogP contribution in [0, 0.1) is 10.5 Å². The van der Waals surface area contributed by atoms with Crippen molar-refractivity contribution in [2.45, 2.75) is 11.8 Å². The topological polar surface area (TPSA) is 87.3 Å². The van der Waals surface area contributed by atoms with E-state index >= 15 is 0 Å². The maximum absolute atomic E-state index is 13.2. The average molecular weight is 648 g/mol. The summed E-state index contributed by atoms with van der Waals surface area (Å²) in [6.45, 7) is 1.98. The van der Waals surface area contributed by atoms with Crippen LogP contribution in [0.15, 0.2) is 114 Å². The van der Waals surface area contributed by atoms with Crippen molar-refractivity contribution in [2.75, 3.05) is 16.4 Å². The Morgan fingerprint density at radius 1 is 0.769 bits per heavy atom. The normalized spacial score (nSPS) is 11.0. The number of benzene rings is 4. The molecule has 3 N–H and O–H groups in total. The number of hydrogen-bond acceptors (Lipinski definition) is 4. The molecule has 0 saturated carbocycles. The smallest absolute Gasteiger partial charge is 0.272 e. The van der Waals surface area contributed by atoms with Gasteiger partial charge in [-0.25, -0.2) is 0 Å². The second kappa shape index (κ2) is 13.8. The van der Waals surface area contributed by atoms with Crippen molar-refractivity contribution in [3.63, 3.8) is 0 Å². The van der Waals surface area contributed by atoms with Gasteiger partial charge in [-0.1, -0.05) is 48.0 Å². The highest BCUT2D eigenvalue weighted by molar-refractivity contribution is 14.1. The first-order valence-electron chi connectivity index (χ1n) is 12.1. The summed E-state index contributed by atoms with van der Waals surface area (Å²) in [5.41, 5.74) is 3.78. The minimum absolute atomic E-state index is 0.0985. The molecule has 0 heterocycles. The maximum Gasteiger partial charge on any atom is 0.272 e. The number of halogens is 1. The quantitative estimate of drug-likeness (QED) is 0.107. The molecule has 0 unspecified atom stereocenters. The Labute approximate surface area is 245 Å². The predicted molar refractivity (Wildman–Crippen MR) is 167 cm³/mol. The van der Waals surface area contributed by atoms with Crippen LogP contribution in [0.3, 0.4) is 0 Å². The molecule has 0 aliphatic carbocycles. The molecule has 0 atom stereocenters. The van der Waals surface area contributed by atoms with Crippen molar-refractivity contribution in [2.24, 2.45) is 0 Å². The van der Waals surface area contributed by atoms with Gasteiger partial charge in [-0.3, -0.25) is 14.4 Å². The van der Waals surface area contributed by atoms with E-state index in [4.69, 9.17) is 0 Å². The van der Waals surface area contributed by atoms with E-state index in [1.807, 2.05) is 73.7 Å². The van der Waals surface area contributed by atoms with Crippen LogP contribution in [0.1, 0.15) is 21.5 Å². The second-order valence-electron chi connectivity index (χ2n) is 8.61. The first-order valence-corrected chi connectivity index (χ1v) is 14.2. The Balaban J connectivity index is 1.39. The lowest BCUT2D eigenvalue weighted by Gasteiger charge is -2.12. The molecule has 0 aliphatic rings. The van der Waals surface area contributed by atoms with Gasteiger partial charge in [0.15, 0.2) is 0 Å². The Bertz CT molecular complexity index is 1470. The standard InChI is InChI=1S/C31H26IN3O3S/c1-21-7-9-22(10-8-21)19-28(35-30(37)23-5-3-2-4-6-23)31(38)34-26-15-17-27(18-16-26)39-20-29(36)33-25-13-11-24(32)12-14-25/h2-19H,20H2,1H3,(H,33,36)(H,34,38)(H,35,37)/b28-19-. The SMILES string of the molecule is Cc1ccc(/C=C(\NC(=O)c2ccccc2)C(=O)Nc2ccc(SCC(=O)Nc3ccc(I)cc3)cc2)cc1. The van der Waals surface area contributed by atoms with Crippen molar-refractivity contribution in [1.82, 2.24) is 5.32 Å². The Kier molecular flexibility index (Phi) is 9.93. The molecule has 6 nitrogen and oxygen atoms in total. The van der Waals surface area contributed by atoms with Crippen LogP contribution in [-0.2, 0) is 9.59 Å². The van der Waals surface area contributed by atoms with Crippen LogP contribution in [0.4, 0.5) is 11.4 Å². The maximum atomic E-state index is 13.2. The molecule has 4 aromatic rings. The van der Waals surface area contributed by atoms with E-state index in [9.17, 15) is 14.4 Å². The van der Waals surface area contributed by atoms with Crippen molar-refractivity contribution in [3.8, 4) is 0 Å². The lowest BCUT2D eigenvalue weighted by Crippen LogP contribution is -2.30. The molecule has 4 aromatic carbocycles. The number of rotatable bonds is 9. The number of carbonyl (C=O) groups excluding carboxylic acids is 3. The van der Waals surface area contributed by atoms with E-state index < -0.39 is 5.91 Å². The fraction of sp³-hybridized carbons (Fsp3) is 0.0645. The van der Waals surface area contributed by atoms with Crippen LogP contribution in [0.5, 0.6) is 0 Å². The van der Waals surface area contributed by atoms with Gasteiger partial charge >= 0.3 is 0 Å². The lowest BCUT2D eigenvalue weighted by molar-refractivity contribution is -0.114. The lowest BCUT2D eigenvalue weighted by atomic mass is 10.1. The van der Waals surface area contributed by atoms with E-state index in [2.05, 4.69) is 38.5 Å². The van der Waals surface area contributed by atoms with Crippen LogP contribution >= 0.6 is 34.4 Å². The van der Waals surface area contributed by atoms with Gasteiger partial charge < -0.3 is 16.0 Å². The van der Waals surface area contributed by atoms with Crippen LogP contribution in [0.25, 0.3) is 6.08 Å². The third-order valence-corrected chi connectivity index (χ3v) is 7.26. The Morgan fingerprint density at radius 3 is 2.05 bits per heavy atom. The first kappa shape index (κ1) is 28.1. The van der Waals surface area contributed by atoms with E-state index in [0.717, 1.165) is 25.3 Å². The number of hydrogen-bond donors (Lipinski definition) is 3. The average Bonchev–Trinajstić information content (AvgIpc) is 2.95. The highest BCUT2D eigenvalue weighted by Gasteiger charge is 2.15. The summed E-state index contributed by atoms with van der Waals surface area (Å²) in [5.74, 6) is -0.665. The molecule has 0 radical (unpaired) electrons. The molecule has 0 bridgehead atoms. The molecule has 0 aliphatic heterocycles. The molecule has 0 aromatic heterocycles. The van der Waals surface area contributed by atoms with Gasteiger partial charge in [-0.2, -0.15) is 0 Å². The van der Waals surface area contributed by atoms with Crippen molar-refractivity contribution in [1.29, 1.82) is 0 Å². The molecule has 0 spiro atoms. The third-order valence-electron chi connectivity index (χ3n) is 5.53. The van der Waals surface area contributed by atoms with E-state index in [1.54, 1.807) is 42.5 Å². The monoisotopic (exact) mass is 647 g/mol. The van der Waals surface area contributed by atoms with Crippen LogP contribution in [-0.4, -0.2) is 23.5 Å². The van der Waals surface area contributed by atoms with Crippen molar-refractivity contribution < 1.29 is 14.4 Å². The van der Waals surface area contributed by atoms with Crippen molar-refractivity contribution in [3.05, 3.63) is 129 Å². The Morgan fingerprint density at radius 2 is 1.38 bits per heavy atom. The summed E-state index contributed by atoms with van der Waals surface area (Å²) in [4.78, 5) is 39.2. The zero-order chi connectivity index (χ0) is 27.6. The third kappa shape index (κ3) is 8.83. The molecule has 0 saturated heterocycles. The minimum atomic E-state index is -0.447. The minimum Gasteiger partial charge on any atom is -0.325 e. The van der Waals surface area contributed by atoms with Gasteiger partial charge in [0.1, 0.15) is 5.70 Å². The summed E-state index contributed by atoms with van der Waals surface area (Å²) >= 11 is 3.62. The molecule has 196 valence electrons. The first-order chi connectivity index (χ1) is 18.9. The summed E-state index contributed by atoms with van der Waals surface area (Å²) in [7, 11) is 0. The second-order valence-corrected chi connectivity index (χ2v) is 10.9. The van der Waals surface area contributed by atoms with Crippen LogP contribution in [0.2, 0.25) is 0 Å². The van der Waals surface area contributed by atoms with Crippen LogP contribution < -0.4 is 16.0 Å². The van der Waals surface area contributed by atoms with Gasteiger partial charge in [-0.05, 0) is 102 Å². The number of amides is 3. The number of thioether (sulfide) groups is 1. The highest BCUT2D eigenvalue weighted by atomic mass is 127. The molecule has 4 rings (SSSR count). The predicted octanol–water partition coefficient (Wildman–Crippen LogP) is 6.74. The van der Waals surface area contributed by atoms with Gasteiger partial charge in [0, 0.05) is 25.4 Å². The largest absolute Gasteiger partial charge is 0.325 e. The number of aryl methyl sites for hydroxylation is 1.